The van der Waals surface area contributed by atoms with E-state index < -0.39 is 0 Å². The van der Waals surface area contributed by atoms with Crippen molar-refractivity contribution in [2.75, 3.05) is 39.8 Å². The van der Waals surface area contributed by atoms with Crippen molar-refractivity contribution in [1.29, 1.82) is 0 Å². The van der Waals surface area contributed by atoms with Crippen LogP contribution in [0.3, 0.4) is 0 Å². The van der Waals surface area contributed by atoms with Crippen LogP contribution >= 0.6 is 0 Å². The minimum absolute atomic E-state index is 0.0958. The Bertz CT molecular complexity index is 530. The molecule has 5 heteroatoms. The number of aryl methyl sites for hydroxylation is 1. The van der Waals surface area contributed by atoms with E-state index in [1.54, 1.807) is 0 Å². The van der Waals surface area contributed by atoms with Gasteiger partial charge in [0.1, 0.15) is 0 Å². The molecule has 0 bridgehead atoms. The Morgan fingerprint density at radius 3 is 2.73 bits per heavy atom. The quantitative estimate of drug-likeness (QED) is 0.795. The van der Waals surface area contributed by atoms with Gasteiger partial charge >= 0.3 is 5.97 Å². The van der Waals surface area contributed by atoms with E-state index in [9.17, 15) is 9.59 Å². The lowest BCUT2D eigenvalue weighted by Crippen LogP contribution is -2.35. The summed E-state index contributed by atoms with van der Waals surface area (Å²) < 4.78 is 4.67. The summed E-state index contributed by atoms with van der Waals surface area (Å²) in [5.41, 5.74) is 1.85. The van der Waals surface area contributed by atoms with Crippen molar-refractivity contribution in [2.24, 2.45) is 0 Å². The van der Waals surface area contributed by atoms with Crippen LogP contribution in [0.2, 0.25) is 0 Å². The van der Waals surface area contributed by atoms with Crippen LogP contribution in [0.1, 0.15) is 28.8 Å². The number of methoxy groups -OCH3 is 1. The zero-order valence-corrected chi connectivity index (χ0v) is 13.4. The topological polar surface area (TPSA) is 49.9 Å². The van der Waals surface area contributed by atoms with E-state index in [1.165, 1.54) is 7.11 Å². The maximum atomic E-state index is 12.6. The van der Waals surface area contributed by atoms with Crippen LogP contribution in [0.15, 0.2) is 24.3 Å². The van der Waals surface area contributed by atoms with Crippen molar-refractivity contribution < 1.29 is 14.3 Å². The second-order valence-corrected chi connectivity index (χ2v) is 5.68. The zero-order valence-electron chi connectivity index (χ0n) is 13.4. The molecule has 0 saturated carbocycles. The second kappa shape index (κ2) is 7.94. The van der Waals surface area contributed by atoms with E-state index in [-0.39, 0.29) is 11.9 Å². The summed E-state index contributed by atoms with van der Waals surface area (Å²) in [6, 6.07) is 7.72. The standard InChI is InChI=1S/C17H24N2O3/c1-14-5-3-6-15(13-14)17(21)19-9-4-8-18(11-12-19)10-7-16(20)22-2/h3,5-6,13H,4,7-12H2,1-2H3. The predicted octanol–water partition coefficient (Wildman–Crippen LogP) is 1.71. The van der Waals surface area contributed by atoms with Gasteiger partial charge in [-0.2, -0.15) is 0 Å². The molecule has 1 amide bonds. The van der Waals surface area contributed by atoms with Crippen molar-refractivity contribution in [1.82, 2.24) is 9.80 Å². The van der Waals surface area contributed by atoms with Crippen molar-refractivity contribution in [3.63, 3.8) is 0 Å². The highest BCUT2D eigenvalue weighted by atomic mass is 16.5. The SMILES string of the molecule is COC(=O)CCN1CCCN(C(=O)c2cccc(C)c2)CC1. The summed E-state index contributed by atoms with van der Waals surface area (Å²) >= 11 is 0. The molecule has 1 aromatic rings. The molecular formula is C17H24N2O3. The van der Waals surface area contributed by atoms with Gasteiger partial charge in [-0.25, -0.2) is 0 Å². The summed E-state index contributed by atoms with van der Waals surface area (Å²) in [6.07, 6.45) is 1.33. The summed E-state index contributed by atoms with van der Waals surface area (Å²) in [6.45, 7) is 5.87. The Balaban J connectivity index is 1.89. The van der Waals surface area contributed by atoms with Gasteiger partial charge in [0.05, 0.1) is 13.5 Å². The molecule has 0 radical (unpaired) electrons. The summed E-state index contributed by atoms with van der Waals surface area (Å²) in [5, 5.41) is 0. The van der Waals surface area contributed by atoms with Crippen LogP contribution in [0, 0.1) is 6.92 Å². The van der Waals surface area contributed by atoms with Crippen LogP contribution in [0.5, 0.6) is 0 Å². The average molecular weight is 304 g/mol. The highest BCUT2D eigenvalue weighted by Crippen LogP contribution is 2.11. The molecule has 1 heterocycles. The first-order valence-electron chi connectivity index (χ1n) is 7.75. The lowest BCUT2D eigenvalue weighted by molar-refractivity contribution is -0.140. The lowest BCUT2D eigenvalue weighted by Gasteiger charge is -2.22. The highest BCUT2D eigenvalue weighted by Gasteiger charge is 2.20. The first-order chi connectivity index (χ1) is 10.6. The Kier molecular flexibility index (Phi) is 5.95. The van der Waals surface area contributed by atoms with E-state index in [0.717, 1.165) is 37.2 Å². The molecular weight excluding hydrogens is 280 g/mol. The molecule has 1 fully saturated rings. The fraction of sp³-hybridized carbons (Fsp3) is 0.529. The van der Waals surface area contributed by atoms with Gasteiger partial charge in [0.15, 0.2) is 0 Å². The molecule has 1 saturated heterocycles. The van der Waals surface area contributed by atoms with Crippen molar-refractivity contribution in [3.8, 4) is 0 Å². The van der Waals surface area contributed by atoms with Crippen LogP contribution in [0.25, 0.3) is 0 Å². The van der Waals surface area contributed by atoms with Crippen LogP contribution in [-0.4, -0.2) is 61.5 Å². The van der Waals surface area contributed by atoms with Gasteiger partial charge in [-0.15, -0.1) is 0 Å². The number of ether oxygens (including phenoxy) is 1. The van der Waals surface area contributed by atoms with Gasteiger partial charge in [-0.3, -0.25) is 9.59 Å². The van der Waals surface area contributed by atoms with Crippen LogP contribution in [-0.2, 0) is 9.53 Å². The summed E-state index contributed by atoms with van der Waals surface area (Å²) in [7, 11) is 1.41. The number of rotatable bonds is 4. The summed E-state index contributed by atoms with van der Waals surface area (Å²) in [4.78, 5) is 27.9. The van der Waals surface area contributed by atoms with Gasteiger partial charge in [0.2, 0.25) is 0 Å². The summed E-state index contributed by atoms with van der Waals surface area (Å²) in [5.74, 6) is -0.0875. The van der Waals surface area contributed by atoms with Gasteiger partial charge < -0.3 is 14.5 Å². The van der Waals surface area contributed by atoms with Crippen LogP contribution in [0.4, 0.5) is 0 Å². The van der Waals surface area contributed by atoms with Gasteiger partial charge in [-0.1, -0.05) is 17.7 Å². The Hall–Kier alpha value is -1.88. The molecule has 1 aliphatic rings. The molecule has 22 heavy (non-hydrogen) atoms. The largest absolute Gasteiger partial charge is 0.469 e. The Labute approximate surface area is 131 Å². The van der Waals surface area contributed by atoms with E-state index in [2.05, 4.69) is 9.64 Å². The second-order valence-electron chi connectivity index (χ2n) is 5.68. The maximum Gasteiger partial charge on any atom is 0.306 e. The minimum atomic E-state index is -0.183. The number of esters is 1. The Morgan fingerprint density at radius 1 is 1.18 bits per heavy atom. The highest BCUT2D eigenvalue weighted by molar-refractivity contribution is 5.94. The first kappa shape index (κ1) is 16.5. The van der Waals surface area contributed by atoms with E-state index >= 15 is 0 Å². The van der Waals surface area contributed by atoms with E-state index in [1.807, 2.05) is 36.1 Å². The third-order valence-corrected chi connectivity index (χ3v) is 4.00. The molecule has 0 unspecified atom stereocenters. The van der Waals surface area contributed by atoms with Gasteiger partial charge in [0.25, 0.3) is 5.91 Å². The van der Waals surface area contributed by atoms with E-state index in [4.69, 9.17) is 0 Å². The molecule has 0 N–H and O–H groups in total. The van der Waals surface area contributed by atoms with Crippen molar-refractivity contribution >= 4 is 11.9 Å². The normalized spacial score (nSPS) is 16.2. The van der Waals surface area contributed by atoms with Crippen molar-refractivity contribution in [3.05, 3.63) is 35.4 Å². The minimum Gasteiger partial charge on any atom is -0.469 e. The molecule has 1 aliphatic heterocycles. The number of amides is 1. The number of hydrogen-bond donors (Lipinski definition) is 0. The molecule has 0 atom stereocenters. The molecule has 2 rings (SSSR count). The number of hydrogen-bond acceptors (Lipinski definition) is 4. The number of nitrogens with zero attached hydrogens (tertiary/aromatic N) is 2. The fourth-order valence-corrected chi connectivity index (χ4v) is 2.71. The first-order valence-corrected chi connectivity index (χ1v) is 7.75. The van der Waals surface area contributed by atoms with Crippen LogP contribution < -0.4 is 0 Å². The fourth-order valence-electron chi connectivity index (χ4n) is 2.71. The maximum absolute atomic E-state index is 12.6. The van der Waals surface area contributed by atoms with Gasteiger partial charge in [-0.05, 0) is 32.0 Å². The third-order valence-electron chi connectivity index (χ3n) is 4.00. The average Bonchev–Trinajstić information content (AvgIpc) is 2.77. The zero-order chi connectivity index (χ0) is 15.9. The molecule has 5 nitrogen and oxygen atoms in total. The molecule has 1 aromatic carbocycles. The monoisotopic (exact) mass is 304 g/mol. The number of carbonyl (C=O) groups is 2. The molecule has 0 spiro atoms. The Morgan fingerprint density at radius 2 is 2.00 bits per heavy atom. The molecule has 0 aromatic heterocycles. The third kappa shape index (κ3) is 4.56. The number of carbonyl (C=O) groups excluding carboxylic acids is 2. The predicted molar refractivity (Wildman–Crippen MR) is 84.8 cm³/mol. The smallest absolute Gasteiger partial charge is 0.306 e. The van der Waals surface area contributed by atoms with Gasteiger partial charge in [0, 0.05) is 31.7 Å². The number of benzene rings is 1. The van der Waals surface area contributed by atoms with Crippen molar-refractivity contribution in [2.45, 2.75) is 19.8 Å². The van der Waals surface area contributed by atoms with E-state index in [0.29, 0.717) is 19.5 Å². The molecule has 0 aliphatic carbocycles. The molecule has 120 valence electrons. The lowest BCUT2D eigenvalue weighted by atomic mass is 10.1.